The normalized spacial score (nSPS) is 10.9. The highest BCUT2D eigenvalue weighted by Crippen LogP contribution is 2.24. The standard InChI is InChI=1S/C12H15N/c1-5-10-8-7-9-11(13-10)12(3,4)6-2/h1,7-9H,6H2,2-4H3. The summed E-state index contributed by atoms with van der Waals surface area (Å²) in [5.41, 5.74) is 1.91. The second kappa shape index (κ2) is 3.62. The van der Waals surface area contributed by atoms with E-state index in [1.807, 2.05) is 18.2 Å². The van der Waals surface area contributed by atoms with Gasteiger partial charge < -0.3 is 0 Å². The number of aromatic nitrogens is 1. The van der Waals surface area contributed by atoms with Gasteiger partial charge in [0.25, 0.3) is 0 Å². The summed E-state index contributed by atoms with van der Waals surface area (Å²) in [4.78, 5) is 4.40. The van der Waals surface area contributed by atoms with Gasteiger partial charge in [-0.05, 0) is 18.6 Å². The van der Waals surface area contributed by atoms with Crippen LogP contribution in [0, 0.1) is 12.3 Å². The topological polar surface area (TPSA) is 12.9 Å². The molecule has 0 fully saturated rings. The molecule has 0 unspecified atom stereocenters. The molecule has 0 radical (unpaired) electrons. The quantitative estimate of drug-likeness (QED) is 0.627. The first-order valence-electron chi connectivity index (χ1n) is 4.54. The summed E-state index contributed by atoms with van der Waals surface area (Å²) in [5.74, 6) is 2.55. The first kappa shape index (κ1) is 9.80. The Labute approximate surface area is 80.2 Å². The Kier molecular flexibility index (Phi) is 2.72. The average Bonchev–Trinajstić information content (AvgIpc) is 2.18. The summed E-state index contributed by atoms with van der Waals surface area (Å²) >= 11 is 0. The van der Waals surface area contributed by atoms with Gasteiger partial charge >= 0.3 is 0 Å². The van der Waals surface area contributed by atoms with Crippen molar-refractivity contribution in [3.8, 4) is 12.3 Å². The van der Waals surface area contributed by atoms with E-state index in [9.17, 15) is 0 Å². The van der Waals surface area contributed by atoms with Crippen molar-refractivity contribution in [2.75, 3.05) is 0 Å². The second-order valence-corrected chi connectivity index (χ2v) is 3.79. The first-order valence-corrected chi connectivity index (χ1v) is 4.54. The van der Waals surface area contributed by atoms with E-state index in [-0.39, 0.29) is 5.41 Å². The van der Waals surface area contributed by atoms with Crippen LogP contribution in [0.2, 0.25) is 0 Å². The Balaban J connectivity index is 3.10. The Bertz CT molecular complexity index is 331. The van der Waals surface area contributed by atoms with Crippen LogP contribution >= 0.6 is 0 Å². The third kappa shape index (κ3) is 2.09. The number of hydrogen-bond acceptors (Lipinski definition) is 1. The van der Waals surface area contributed by atoms with Crippen molar-refractivity contribution in [3.63, 3.8) is 0 Å². The monoisotopic (exact) mass is 173 g/mol. The maximum atomic E-state index is 5.29. The van der Waals surface area contributed by atoms with Gasteiger partial charge in [0.05, 0.1) is 0 Å². The van der Waals surface area contributed by atoms with Gasteiger partial charge in [0, 0.05) is 11.1 Å². The van der Waals surface area contributed by atoms with Crippen LogP contribution in [0.1, 0.15) is 38.6 Å². The molecule has 0 saturated heterocycles. The van der Waals surface area contributed by atoms with Crippen LogP contribution in [-0.4, -0.2) is 4.98 Å². The summed E-state index contributed by atoms with van der Waals surface area (Å²) in [7, 11) is 0. The molecule has 0 N–H and O–H groups in total. The van der Waals surface area contributed by atoms with Crippen molar-refractivity contribution in [1.29, 1.82) is 0 Å². The summed E-state index contributed by atoms with van der Waals surface area (Å²) in [5, 5.41) is 0. The lowest BCUT2D eigenvalue weighted by atomic mass is 9.86. The van der Waals surface area contributed by atoms with Gasteiger partial charge in [0.1, 0.15) is 5.69 Å². The van der Waals surface area contributed by atoms with E-state index in [2.05, 4.69) is 31.7 Å². The van der Waals surface area contributed by atoms with Crippen molar-refractivity contribution in [2.45, 2.75) is 32.6 Å². The van der Waals surface area contributed by atoms with E-state index in [1.165, 1.54) is 0 Å². The molecule has 68 valence electrons. The van der Waals surface area contributed by atoms with Crippen molar-refractivity contribution < 1.29 is 0 Å². The van der Waals surface area contributed by atoms with Crippen molar-refractivity contribution in [1.82, 2.24) is 4.98 Å². The Morgan fingerprint density at radius 2 is 2.15 bits per heavy atom. The number of terminal acetylenes is 1. The molecule has 0 spiro atoms. The summed E-state index contributed by atoms with van der Waals surface area (Å²) in [6, 6.07) is 5.86. The molecule has 13 heavy (non-hydrogen) atoms. The van der Waals surface area contributed by atoms with Gasteiger partial charge in [-0.3, -0.25) is 0 Å². The number of hydrogen-bond donors (Lipinski definition) is 0. The molecule has 1 heteroatoms. The van der Waals surface area contributed by atoms with Crippen LogP contribution in [0.15, 0.2) is 18.2 Å². The molecular formula is C12H15N. The van der Waals surface area contributed by atoms with E-state index in [0.29, 0.717) is 0 Å². The lowest BCUT2D eigenvalue weighted by Crippen LogP contribution is -2.17. The fourth-order valence-corrected chi connectivity index (χ4v) is 1.07. The van der Waals surface area contributed by atoms with E-state index in [1.54, 1.807) is 0 Å². The third-order valence-electron chi connectivity index (χ3n) is 2.47. The smallest absolute Gasteiger partial charge is 0.113 e. The number of rotatable bonds is 2. The molecule has 1 aromatic rings. The first-order chi connectivity index (χ1) is 6.10. The highest BCUT2D eigenvalue weighted by Gasteiger charge is 2.19. The molecule has 1 aromatic heterocycles. The Morgan fingerprint density at radius 3 is 2.69 bits per heavy atom. The van der Waals surface area contributed by atoms with E-state index in [0.717, 1.165) is 17.8 Å². The van der Waals surface area contributed by atoms with Crippen molar-refractivity contribution >= 4 is 0 Å². The molecule has 0 saturated carbocycles. The van der Waals surface area contributed by atoms with Crippen LogP contribution < -0.4 is 0 Å². The molecule has 0 atom stereocenters. The van der Waals surface area contributed by atoms with E-state index >= 15 is 0 Å². The zero-order valence-electron chi connectivity index (χ0n) is 8.46. The molecule has 1 rings (SSSR count). The van der Waals surface area contributed by atoms with Gasteiger partial charge in [-0.25, -0.2) is 4.98 Å². The van der Waals surface area contributed by atoms with Gasteiger partial charge in [0.2, 0.25) is 0 Å². The van der Waals surface area contributed by atoms with E-state index < -0.39 is 0 Å². The van der Waals surface area contributed by atoms with Crippen molar-refractivity contribution in [2.24, 2.45) is 0 Å². The highest BCUT2D eigenvalue weighted by atomic mass is 14.7. The zero-order chi connectivity index (χ0) is 9.90. The Morgan fingerprint density at radius 1 is 1.46 bits per heavy atom. The minimum atomic E-state index is 0.118. The molecule has 1 heterocycles. The fourth-order valence-electron chi connectivity index (χ4n) is 1.07. The minimum absolute atomic E-state index is 0.118. The zero-order valence-corrected chi connectivity index (χ0v) is 8.46. The van der Waals surface area contributed by atoms with Crippen LogP contribution in [0.5, 0.6) is 0 Å². The summed E-state index contributed by atoms with van der Waals surface area (Å²) in [6.45, 7) is 6.51. The number of nitrogens with zero attached hydrogens (tertiary/aromatic N) is 1. The maximum absolute atomic E-state index is 5.29. The van der Waals surface area contributed by atoms with Crippen LogP contribution in [0.4, 0.5) is 0 Å². The van der Waals surface area contributed by atoms with Crippen molar-refractivity contribution in [3.05, 3.63) is 29.6 Å². The highest BCUT2D eigenvalue weighted by molar-refractivity contribution is 5.28. The summed E-state index contributed by atoms with van der Waals surface area (Å²) < 4.78 is 0. The Hall–Kier alpha value is -1.29. The lowest BCUT2D eigenvalue weighted by molar-refractivity contribution is 0.490. The molecular weight excluding hydrogens is 158 g/mol. The number of pyridine rings is 1. The molecule has 0 bridgehead atoms. The van der Waals surface area contributed by atoms with Gasteiger partial charge in [-0.2, -0.15) is 0 Å². The SMILES string of the molecule is C#Cc1cccc(C(C)(C)CC)n1. The third-order valence-corrected chi connectivity index (χ3v) is 2.47. The molecule has 0 aliphatic carbocycles. The largest absolute Gasteiger partial charge is 0.244 e. The lowest BCUT2D eigenvalue weighted by Gasteiger charge is -2.21. The fraction of sp³-hybridized carbons (Fsp3) is 0.417. The average molecular weight is 173 g/mol. The predicted octanol–water partition coefficient (Wildman–Crippen LogP) is 2.75. The van der Waals surface area contributed by atoms with Gasteiger partial charge in [-0.15, -0.1) is 6.42 Å². The predicted molar refractivity (Wildman–Crippen MR) is 55.5 cm³/mol. The molecule has 0 aromatic carbocycles. The minimum Gasteiger partial charge on any atom is -0.244 e. The molecule has 1 nitrogen and oxygen atoms in total. The second-order valence-electron chi connectivity index (χ2n) is 3.79. The molecule has 0 amide bonds. The van der Waals surface area contributed by atoms with Crippen LogP contribution in [0.3, 0.4) is 0 Å². The van der Waals surface area contributed by atoms with Gasteiger partial charge in [0.15, 0.2) is 0 Å². The van der Waals surface area contributed by atoms with Crippen LogP contribution in [0.25, 0.3) is 0 Å². The molecule has 0 aliphatic heterocycles. The molecule has 0 aliphatic rings. The maximum Gasteiger partial charge on any atom is 0.113 e. The van der Waals surface area contributed by atoms with Crippen LogP contribution in [-0.2, 0) is 5.41 Å². The van der Waals surface area contributed by atoms with Gasteiger partial charge in [-0.1, -0.05) is 32.8 Å². The van der Waals surface area contributed by atoms with E-state index in [4.69, 9.17) is 6.42 Å². The summed E-state index contributed by atoms with van der Waals surface area (Å²) in [6.07, 6.45) is 6.35.